The quantitative estimate of drug-likeness (QED) is 0.877. The number of hydrogen-bond acceptors (Lipinski definition) is 4. The lowest BCUT2D eigenvalue weighted by molar-refractivity contribution is 0.235. The second kappa shape index (κ2) is 4.42. The summed E-state index contributed by atoms with van der Waals surface area (Å²) in [5.41, 5.74) is 0.280. The summed E-state index contributed by atoms with van der Waals surface area (Å²) in [7, 11) is -4.56. The van der Waals surface area contributed by atoms with E-state index in [4.69, 9.17) is 0 Å². The Morgan fingerprint density at radius 3 is 2.47 bits per heavy atom. The lowest BCUT2D eigenvalue weighted by atomic mass is 10.3. The predicted molar refractivity (Wildman–Crippen MR) is 66.9 cm³/mol. The van der Waals surface area contributed by atoms with E-state index in [-0.39, 0.29) is 16.6 Å². The van der Waals surface area contributed by atoms with Crippen LogP contribution in [0.1, 0.15) is 0 Å². The van der Waals surface area contributed by atoms with Crippen LogP contribution in [0.15, 0.2) is 29.2 Å². The van der Waals surface area contributed by atoms with Crippen LogP contribution in [0.3, 0.4) is 0 Å². The molecule has 7 heteroatoms. The van der Waals surface area contributed by atoms with Crippen LogP contribution >= 0.6 is 0 Å². The summed E-state index contributed by atoms with van der Waals surface area (Å²) >= 11 is 0. The van der Waals surface area contributed by atoms with Crippen molar-refractivity contribution >= 4 is 15.5 Å². The van der Waals surface area contributed by atoms with Crippen molar-refractivity contribution in [3.8, 4) is 0 Å². The third-order valence-electron chi connectivity index (χ3n) is 3.84. The van der Waals surface area contributed by atoms with E-state index in [0.29, 0.717) is 11.8 Å². The van der Waals surface area contributed by atoms with E-state index in [1.54, 1.807) is 6.07 Å². The largest absolute Gasteiger partial charge is 0.381 e. The molecule has 19 heavy (non-hydrogen) atoms. The van der Waals surface area contributed by atoms with Crippen molar-refractivity contribution in [3.63, 3.8) is 0 Å². The predicted octanol–water partition coefficient (Wildman–Crippen LogP) is 1.31. The molecule has 2 N–H and O–H groups in total. The molecule has 2 unspecified atom stereocenters. The molecule has 2 atom stereocenters. The van der Waals surface area contributed by atoms with Crippen molar-refractivity contribution in [1.29, 1.82) is 0 Å². The Morgan fingerprint density at radius 2 is 1.84 bits per heavy atom. The lowest BCUT2D eigenvalue weighted by Gasteiger charge is -2.13. The summed E-state index contributed by atoms with van der Waals surface area (Å²) in [6, 6.07) is 6.05. The van der Waals surface area contributed by atoms with Gasteiger partial charge in [-0.2, -0.15) is 8.78 Å². The highest BCUT2D eigenvalue weighted by molar-refractivity contribution is 7.91. The fraction of sp³-hybridized carbons (Fsp3) is 0.500. The van der Waals surface area contributed by atoms with Crippen molar-refractivity contribution < 1.29 is 17.2 Å². The molecule has 1 aliphatic heterocycles. The maximum absolute atomic E-state index is 12.6. The fourth-order valence-electron chi connectivity index (χ4n) is 2.74. The van der Waals surface area contributed by atoms with E-state index in [1.165, 1.54) is 18.2 Å². The summed E-state index contributed by atoms with van der Waals surface area (Å²) < 4.78 is 48.5. The maximum Gasteiger partial charge on any atom is 0.341 e. The van der Waals surface area contributed by atoms with Crippen LogP contribution in [0.4, 0.5) is 14.5 Å². The zero-order chi connectivity index (χ0) is 13.6. The SMILES string of the molecule is O=S(=O)(c1ccccc1NC1C2CNCC21)C(F)F. The first-order valence-corrected chi connectivity index (χ1v) is 7.65. The van der Waals surface area contributed by atoms with Gasteiger partial charge in [0.15, 0.2) is 0 Å². The Hall–Kier alpha value is -1.21. The maximum atomic E-state index is 12.6. The monoisotopic (exact) mass is 288 g/mol. The standard InChI is InChI=1S/C12H14F2N2O2S/c13-12(14)19(17,18)10-4-2-1-3-9(10)16-11-7-5-15-6-8(7)11/h1-4,7-8,11-12,15-16H,5-6H2. The molecule has 1 aromatic rings. The first kappa shape index (κ1) is 12.8. The molecule has 0 spiro atoms. The molecule has 0 aromatic heterocycles. The molecular formula is C12H14F2N2O2S. The molecule has 0 bridgehead atoms. The van der Waals surface area contributed by atoms with Crippen molar-refractivity contribution in [3.05, 3.63) is 24.3 Å². The van der Waals surface area contributed by atoms with Gasteiger partial charge < -0.3 is 10.6 Å². The van der Waals surface area contributed by atoms with Gasteiger partial charge in [-0.1, -0.05) is 12.1 Å². The number of piperidine rings is 1. The number of hydrogen-bond donors (Lipinski definition) is 2. The second-order valence-corrected chi connectivity index (χ2v) is 6.84. The normalized spacial score (nSPS) is 29.3. The Bertz CT molecular complexity index is 581. The number of fused-ring (bicyclic) bond motifs is 1. The number of nitrogens with one attached hydrogen (secondary N) is 2. The highest BCUT2D eigenvalue weighted by Crippen LogP contribution is 2.44. The summed E-state index contributed by atoms with van der Waals surface area (Å²) in [6.07, 6.45) is 0. The molecule has 1 heterocycles. The number of sulfone groups is 1. The van der Waals surface area contributed by atoms with Crippen LogP contribution in [0.25, 0.3) is 0 Å². The molecule has 0 amide bonds. The van der Waals surface area contributed by atoms with Gasteiger partial charge in [0.25, 0.3) is 0 Å². The summed E-state index contributed by atoms with van der Waals surface area (Å²) in [5.74, 6) is -2.44. The zero-order valence-corrected chi connectivity index (χ0v) is 10.8. The van der Waals surface area contributed by atoms with Gasteiger partial charge in [0.2, 0.25) is 9.84 Å². The first-order valence-electron chi connectivity index (χ1n) is 6.10. The molecule has 2 fully saturated rings. The topological polar surface area (TPSA) is 58.2 Å². The van der Waals surface area contributed by atoms with Gasteiger partial charge in [-0.3, -0.25) is 0 Å². The summed E-state index contributed by atoms with van der Waals surface area (Å²) in [6.45, 7) is 1.79. The molecule has 1 aliphatic carbocycles. The molecule has 1 aromatic carbocycles. The minimum Gasteiger partial charge on any atom is -0.381 e. The van der Waals surface area contributed by atoms with Gasteiger partial charge in [0.05, 0.1) is 10.6 Å². The van der Waals surface area contributed by atoms with Crippen molar-refractivity contribution in [2.24, 2.45) is 11.8 Å². The Labute approximate surface area is 110 Å². The summed E-state index contributed by atoms with van der Waals surface area (Å²) in [5, 5.41) is 6.32. The smallest absolute Gasteiger partial charge is 0.341 e. The van der Waals surface area contributed by atoms with Gasteiger partial charge in [-0.15, -0.1) is 0 Å². The van der Waals surface area contributed by atoms with E-state index in [1.807, 2.05) is 0 Å². The van der Waals surface area contributed by atoms with Crippen LogP contribution in [-0.2, 0) is 9.84 Å². The molecule has 3 rings (SSSR count). The third-order valence-corrected chi connectivity index (χ3v) is 5.28. The van der Waals surface area contributed by atoms with Gasteiger partial charge >= 0.3 is 5.76 Å². The molecular weight excluding hydrogens is 274 g/mol. The van der Waals surface area contributed by atoms with E-state index >= 15 is 0 Å². The van der Waals surface area contributed by atoms with E-state index in [2.05, 4.69) is 10.6 Å². The molecule has 0 radical (unpaired) electrons. The minimum atomic E-state index is -4.56. The van der Waals surface area contributed by atoms with Crippen LogP contribution in [0, 0.1) is 11.8 Å². The molecule has 1 saturated heterocycles. The number of para-hydroxylation sites is 1. The second-order valence-electron chi connectivity index (χ2n) is 4.96. The fourth-order valence-corrected chi connectivity index (χ4v) is 3.64. The molecule has 4 nitrogen and oxygen atoms in total. The van der Waals surface area contributed by atoms with Crippen LogP contribution < -0.4 is 10.6 Å². The van der Waals surface area contributed by atoms with E-state index < -0.39 is 15.6 Å². The first-order chi connectivity index (χ1) is 9.01. The van der Waals surface area contributed by atoms with Gasteiger partial charge in [-0.25, -0.2) is 8.42 Å². The van der Waals surface area contributed by atoms with Gasteiger partial charge in [-0.05, 0) is 24.0 Å². The number of halogens is 2. The van der Waals surface area contributed by atoms with Crippen molar-refractivity contribution in [2.45, 2.75) is 16.7 Å². The number of alkyl halides is 2. The van der Waals surface area contributed by atoms with Gasteiger partial charge in [0, 0.05) is 19.1 Å². The van der Waals surface area contributed by atoms with Crippen LogP contribution in [0.5, 0.6) is 0 Å². The zero-order valence-electron chi connectivity index (χ0n) is 10.0. The minimum absolute atomic E-state index is 0.190. The third kappa shape index (κ3) is 2.10. The number of anilines is 1. The van der Waals surface area contributed by atoms with Crippen molar-refractivity contribution in [2.75, 3.05) is 18.4 Å². The highest BCUT2D eigenvalue weighted by Gasteiger charge is 2.53. The number of benzene rings is 1. The van der Waals surface area contributed by atoms with Gasteiger partial charge in [0.1, 0.15) is 0 Å². The Morgan fingerprint density at radius 1 is 1.21 bits per heavy atom. The highest BCUT2D eigenvalue weighted by atomic mass is 32.2. The van der Waals surface area contributed by atoms with Crippen LogP contribution in [0.2, 0.25) is 0 Å². The van der Waals surface area contributed by atoms with E-state index in [0.717, 1.165) is 13.1 Å². The summed E-state index contributed by atoms with van der Waals surface area (Å²) in [4.78, 5) is -0.317. The molecule has 1 saturated carbocycles. The molecule has 104 valence electrons. The number of rotatable bonds is 4. The average molecular weight is 288 g/mol. The van der Waals surface area contributed by atoms with E-state index in [9.17, 15) is 17.2 Å². The Balaban J connectivity index is 1.86. The Kier molecular flexibility index (Phi) is 2.98. The molecule has 2 aliphatic rings. The lowest BCUT2D eigenvalue weighted by Crippen LogP contribution is -2.22. The van der Waals surface area contributed by atoms with Crippen LogP contribution in [-0.4, -0.2) is 33.3 Å². The van der Waals surface area contributed by atoms with Crippen molar-refractivity contribution in [1.82, 2.24) is 5.32 Å². The average Bonchev–Trinajstić information content (AvgIpc) is 2.83.